The third-order valence-corrected chi connectivity index (χ3v) is 10.2. The topological polar surface area (TPSA) is 51.8 Å². The Hall–Kier alpha value is -7.43. The van der Waals surface area contributed by atoms with Crippen LogP contribution in [0, 0.1) is 0 Å². The molecule has 0 atom stereocenters. The summed E-state index contributed by atoms with van der Waals surface area (Å²) in [7, 11) is 0. The van der Waals surface area contributed by atoms with E-state index in [1.807, 2.05) is 30.3 Å². The van der Waals surface area contributed by atoms with Crippen molar-refractivity contribution in [1.29, 1.82) is 0 Å². The maximum absolute atomic E-state index is 6.76. The SMILES string of the molecule is c1ccc(-c2ccc(-c3nc(-c4ccc(-c5ccccc5)cc4)nc(-c4cccc5oc6c(-c7ccccc7-c7ccccc7)cccc6c45)n3)cc2)cc1. The highest BCUT2D eigenvalue weighted by atomic mass is 16.3. The number of rotatable bonds is 7. The Bertz CT molecular complexity index is 2840. The summed E-state index contributed by atoms with van der Waals surface area (Å²) in [6.45, 7) is 0. The first-order valence-corrected chi connectivity index (χ1v) is 18.4. The molecule has 0 amide bonds. The molecule has 2 aromatic heterocycles. The zero-order valence-electron chi connectivity index (χ0n) is 29.8. The third-order valence-electron chi connectivity index (χ3n) is 10.2. The molecule has 10 rings (SSSR count). The largest absolute Gasteiger partial charge is 0.455 e. The van der Waals surface area contributed by atoms with E-state index in [-0.39, 0.29) is 0 Å². The van der Waals surface area contributed by atoms with Crippen molar-refractivity contribution in [3.63, 3.8) is 0 Å². The number of para-hydroxylation sites is 1. The van der Waals surface area contributed by atoms with Crippen LogP contribution in [0.4, 0.5) is 0 Å². The van der Waals surface area contributed by atoms with Gasteiger partial charge in [-0.05, 0) is 45.0 Å². The summed E-state index contributed by atoms with van der Waals surface area (Å²) in [5, 5.41) is 1.98. The Morgan fingerprint density at radius 1 is 0.273 bits per heavy atom. The average molecular weight is 704 g/mol. The first-order chi connectivity index (χ1) is 27.3. The van der Waals surface area contributed by atoms with Gasteiger partial charge in [-0.2, -0.15) is 0 Å². The van der Waals surface area contributed by atoms with Gasteiger partial charge in [-0.1, -0.05) is 194 Å². The van der Waals surface area contributed by atoms with Gasteiger partial charge in [-0.25, -0.2) is 15.0 Å². The predicted octanol–water partition coefficient (Wildman–Crippen LogP) is 13.4. The zero-order valence-corrected chi connectivity index (χ0v) is 29.8. The molecule has 4 heteroatoms. The molecular weight excluding hydrogens is 671 g/mol. The second-order valence-electron chi connectivity index (χ2n) is 13.6. The van der Waals surface area contributed by atoms with Crippen LogP contribution in [0.1, 0.15) is 0 Å². The highest BCUT2D eigenvalue weighted by Crippen LogP contribution is 2.42. The lowest BCUT2D eigenvalue weighted by Gasteiger charge is -2.11. The minimum Gasteiger partial charge on any atom is -0.455 e. The molecule has 4 nitrogen and oxygen atoms in total. The fraction of sp³-hybridized carbons (Fsp3) is 0. The first kappa shape index (κ1) is 32.2. The van der Waals surface area contributed by atoms with Crippen molar-refractivity contribution in [1.82, 2.24) is 15.0 Å². The molecule has 0 N–H and O–H groups in total. The summed E-state index contributed by atoms with van der Waals surface area (Å²) < 4.78 is 6.76. The van der Waals surface area contributed by atoms with Gasteiger partial charge in [0.1, 0.15) is 11.2 Å². The van der Waals surface area contributed by atoms with Crippen LogP contribution in [0.5, 0.6) is 0 Å². The van der Waals surface area contributed by atoms with Crippen LogP contribution in [0.25, 0.3) is 101 Å². The number of fused-ring (bicyclic) bond motifs is 3. The highest BCUT2D eigenvalue weighted by Gasteiger charge is 2.20. The molecule has 8 aromatic carbocycles. The Kier molecular flexibility index (Phi) is 8.12. The zero-order chi connectivity index (χ0) is 36.6. The number of aromatic nitrogens is 3. The third kappa shape index (κ3) is 6.06. The summed E-state index contributed by atoms with van der Waals surface area (Å²) >= 11 is 0. The molecular formula is C51H33N3O. The Balaban J connectivity index is 1.14. The molecule has 0 unspecified atom stereocenters. The van der Waals surface area contributed by atoms with Gasteiger partial charge < -0.3 is 4.42 Å². The molecule has 0 spiro atoms. The number of hydrogen-bond donors (Lipinski definition) is 0. The molecule has 0 fully saturated rings. The highest BCUT2D eigenvalue weighted by molar-refractivity contribution is 6.15. The van der Waals surface area contributed by atoms with Gasteiger partial charge in [0.15, 0.2) is 17.5 Å². The van der Waals surface area contributed by atoms with Crippen LogP contribution >= 0.6 is 0 Å². The van der Waals surface area contributed by atoms with Crippen molar-refractivity contribution in [2.45, 2.75) is 0 Å². The van der Waals surface area contributed by atoms with E-state index in [1.165, 1.54) is 0 Å². The van der Waals surface area contributed by atoms with E-state index in [4.69, 9.17) is 19.4 Å². The molecule has 0 aliphatic rings. The molecule has 0 radical (unpaired) electrons. The lowest BCUT2D eigenvalue weighted by atomic mass is 9.93. The number of nitrogens with zero attached hydrogens (tertiary/aromatic N) is 3. The van der Waals surface area contributed by atoms with Crippen LogP contribution < -0.4 is 0 Å². The standard InChI is InChI=1S/C51H33N3O/c1-4-14-34(15-5-1)36-26-30-39(31-27-36)49-52-50(40-32-28-37(29-33-40)35-16-6-2-7-17-35)54-51(53-49)45-24-13-25-46-47(45)44-23-12-22-43(48(44)55-46)42-21-11-10-20-41(42)38-18-8-3-9-19-38/h1-33H. The van der Waals surface area contributed by atoms with Crippen molar-refractivity contribution >= 4 is 21.9 Å². The molecule has 0 aliphatic carbocycles. The summed E-state index contributed by atoms with van der Waals surface area (Å²) in [6.07, 6.45) is 0. The normalized spacial score (nSPS) is 11.3. The van der Waals surface area contributed by atoms with Gasteiger partial charge in [0.05, 0.1) is 0 Å². The fourth-order valence-corrected chi connectivity index (χ4v) is 7.47. The van der Waals surface area contributed by atoms with E-state index in [2.05, 4.69) is 170 Å². The van der Waals surface area contributed by atoms with Crippen LogP contribution in [-0.4, -0.2) is 15.0 Å². The predicted molar refractivity (Wildman–Crippen MR) is 225 cm³/mol. The molecule has 0 aliphatic heterocycles. The summed E-state index contributed by atoms with van der Waals surface area (Å²) in [6, 6.07) is 69.2. The van der Waals surface area contributed by atoms with E-state index in [0.717, 1.165) is 83.1 Å². The Labute approximate surface area is 319 Å². The summed E-state index contributed by atoms with van der Waals surface area (Å²) in [4.78, 5) is 15.4. The molecule has 0 bridgehead atoms. The maximum Gasteiger partial charge on any atom is 0.164 e. The smallest absolute Gasteiger partial charge is 0.164 e. The van der Waals surface area contributed by atoms with E-state index < -0.39 is 0 Å². The van der Waals surface area contributed by atoms with Gasteiger partial charge in [0, 0.05) is 33.0 Å². The van der Waals surface area contributed by atoms with Crippen molar-refractivity contribution in [3.05, 3.63) is 200 Å². The molecule has 0 saturated carbocycles. The van der Waals surface area contributed by atoms with Crippen molar-refractivity contribution in [3.8, 4) is 78.7 Å². The van der Waals surface area contributed by atoms with E-state index in [9.17, 15) is 0 Å². The summed E-state index contributed by atoms with van der Waals surface area (Å²) in [5.41, 5.74) is 13.4. The van der Waals surface area contributed by atoms with Gasteiger partial charge in [0.25, 0.3) is 0 Å². The fourth-order valence-electron chi connectivity index (χ4n) is 7.47. The Morgan fingerprint density at radius 2 is 0.691 bits per heavy atom. The van der Waals surface area contributed by atoms with Gasteiger partial charge in [-0.15, -0.1) is 0 Å². The number of benzene rings is 8. The first-order valence-electron chi connectivity index (χ1n) is 18.4. The molecule has 10 aromatic rings. The van der Waals surface area contributed by atoms with Crippen LogP contribution in [0.2, 0.25) is 0 Å². The lowest BCUT2D eigenvalue weighted by Crippen LogP contribution is -2.00. The van der Waals surface area contributed by atoms with E-state index >= 15 is 0 Å². The molecule has 55 heavy (non-hydrogen) atoms. The summed E-state index contributed by atoms with van der Waals surface area (Å²) in [5.74, 6) is 1.80. The molecule has 258 valence electrons. The second kappa shape index (κ2) is 13.8. The van der Waals surface area contributed by atoms with Gasteiger partial charge >= 0.3 is 0 Å². The molecule has 2 heterocycles. The van der Waals surface area contributed by atoms with E-state index in [1.54, 1.807) is 0 Å². The van der Waals surface area contributed by atoms with E-state index in [0.29, 0.717) is 17.5 Å². The number of hydrogen-bond acceptors (Lipinski definition) is 4. The monoisotopic (exact) mass is 703 g/mol. The lowest BCUT2D eigenvalue weighted by molar-refractivity contribution is 0.670. The second-order valence-corrected chi connectivity index (χ2v) is 13.6. The average Bonchev–Trinajstić information content (AvgIpc) is 3.67. The minimum atomic E-state index is 0.586. The van der Waals surface area contributed by atoms with Crippen molar-refractivity contribution in [2.75, 3.05) is 0 Å². The molecule has 0 saturated heterocycles. The minimum absolute atomic E-state index is 0.586. The number of furan rings is 1. The van der Waals surface area contributed by atoms with Gasteiger partial charge in [-0.3, -0.25) is 0 Å². The van der Waals surface area contributed by atoms with Gasteiger partial charge in [0.2, 0.25) is 0 Å². The van der Waals surface area contributed by atoms with Crippen LogP contribution in [-0.2, 0) is 0 Å². The quantitative estimate of drug-likeness (QED) is 0.166. The van der Waals surface area contributed by atoms with Crippen LogP contribution in [0.15, 0.2) is 205 Å². The Morgan fingerprint density at radius 3 is 1.27 bits per heavy atom. The maximum atomic E-state index is 6.76. The van der Waals surface area contributed by atoms with Crippen molar-refractivity contribution in [2.24, 2.45) is 0 Å². The van der Waals surface area contributed by atoms with Crippen LogP contribution in [0.3, 0.4) is 0 Å². The van der Waals surface area contributed by atoms with Crippen molar-refractivity contribution < 1.29 is 4.42 Å².